The molecular formula is C10H7Br2ClN4. The lowest BCUT2D eigenvalue weighted by atomic mass is 10.3. The summed E-state index contributed by atoms with van der Waals surface area (Å²) < 4.78 is 1.39. The fourth-order valence-electron chi connectivity index (χ4n) is 1.20. The first kappa shape index (κ1) is 12.6. The Hall–Kier alpha value is -0.850. The summed E-state index contributed by atoms with van der Waals surface area (Å²) >= 11 is 12.7. The Morgan fingerprint density at radius 2 is 1.94 bits per heavy atom. The van der Waals surface area contributed by atoms with E-state index in [-0.39, 0.29) is 0 Å². The highest BCUT2D eigenvalue weighted by Crippen LogP contribution is 2.34. The molecule has 7 heteroatoms. The molecule has 0 amide bonds. The van der Waals surface area contributed by atoms with E-state index >= 15 is 0 Å². The number of halogens is 3. The van der Waals surface area contributed by atoms with E-state index in [0.29, 0.717) is 21.1 Å². The molecule has 0 saturated heterocycles. The highest BCUT2D eigenvalue weighted by Gasteiger charge is 2.09. The number of hydrogen-bond donors (Lipinski definition) is 2. The number of anilines is 3. The van der Waals surface area contributed by atoms with Crippen LogP contribution < -0.4 is 11.1 Å². The summed E-state index contributed by atoms with van der Waals surface area (Å²) in [7, 11) is 0. The topological polar surface area (TPSA) is 63.8 Å². The fourth-order valence-corrected chi connectivity index (χ4v) is 2.04. The Labute approximate surface area is 120 Å². The van der Waals surface area contributed by atoms with Crippen molar-refractivity contribution >= 4 is 60.8 Å². The standard InChI is InChI=1S/C10H7Br2ClN4/c11-7-5(13)2-1-3-6(7)17-10-8(12)9(14)15-4-16-10/h1-4H,(H3,14,15,16,17). The Balaban J connectivity index is 2.38. The molecule has 0 fully saturated rings. The van der Waals surface area contributed by atoms with Crippen LogP contribution in [-0.2, 0) is 0 Å². The monoisotopic (exact) mass is 376 g/mol. The quantitative estimate of drug-likeness (QED) is 0.830. The number of nitrogens with one attached hydrogen (secondary N) is 1. The summed E-state index contributed by atoms with van der Waals surface area (Å²) in [6.45, 7) is 0. The van der Waals surface area contributed by atoms with Gasteiger partial charge in [0.1, 0.15) is 22.4 Å². The maximum absolute atomic E-state index is 6.00. The molecule has 0 radical (unpaired) electrons. The molecule has 2 aromatic rings. The first-order chi connectivity index (χ1) is 8.09. The molecule has 2 rings (SSSR count). The molecule has 0 aliphatic heterocycles. The zero-order valence-corrected chi connectivity index (χ0v) is 12.3. The van der Waals surface area contributed by atoms with Crippen molar-refractivity contribution in [1.82, 2.24) is 9.97 Å². The molecule has 17 heavy (non-hydrogen) atoms. The van der Waals surface area contributed by atoms with Crippen molar-refractivity contribution in [1.29, 1.82) is 0 Å². The van der Waals surface area contributed by atoms with Gasteiger partial charge in [-0.1, -0.05) is 17.7 Å². The van der Waals surface area contributed by atoms with Crippen LogP contribution in [0.25, 0.3) is 0 Å². The number of nitrogen functional groups attached to an aromatic ring is 1. The van der Waals surface area contributed by atoms with Gasteiger partial charge in [0.05, 0.1) is 15.2 Å². The van der Waals surface area contributed by atoms with Crippen molar-refractivity contribution < 1.29 is 0 Å². The minimum atomic E-state index is 0.376. The van der Waals surface area contributed by atoms with E-state index in [9.17, 15) is 0 Å². The van der Waals surface area contributed by atoms with Crippen LogP contribution in [0.2, 0.25) is 5.02 Å². The average Bonchev–Trinajstić information content (AvgIpc) is 2.31. The molecule has 0 spiro atoms. The molecule has 1 aromatic carbocycles. The molecule has 1 heterocycles. The minimum absolute atomic E-state index is 0.376. The van der Waals surface area contributed by atoms with Crippen molar-refractivity contribution in [2.24, 2.45) is 0 Å². The molecule has 4 nitrogen and oxygen atoms in total. The average molecular weight is 378 g/mol. The number of benzene rings is 1. The normalized spacial score (nSPS) is 10.3. The van der Waals surface area contributed by atoms with Gasteiger partial charge >= 0.3 is 0 Å². The van der Waals surface area contributed by atoms with E-state index < -0.39 is 0 Å². The van der Waals surface area contributed by atoms with Gasteiger partial charge in [-0.3, -0.25) is 0 Å². The highest BCUT2D eigenvalue weighted by atomic mass is 79.9. The second kappa shape index (κ2) is 5.20. The molecule has 88 valence electrons. The van der Waals surface area contributed by atoms with Crippen molar-refractivity contribution in [2.75, 3.05) is 11.1 Å². The third kappa shape index (κ3) is 2.70. The highest BCUT2D eigenvalue weighted by molar-refractivity contribution is 9.11. The van der Waals surface area contributed by atoms with Crippen LogP contribution in [0.1, 0.15) is 0 Å². The largest absolute Gasteiger partial charge is 0.383 e. The summed E-state index contributed by atoms with van der Waals surface area (Å²) in [6, 6.07) is 5.51. The van der Waals surface area contributed by atoms with E-state index in [4.69, 9.17) is 17.3 Å². The summed E-state index contributed by atoms with van der Waals surface area (Å²) in [5.74, 6) is 0.959. The number of aromatic nitrogens is 2. The Morgan fingerprint density at radius 3 is 2.71 bits per heavy atom. The second-order valence-corrected chi connectivity index (χ2v) is 5.14. The summed E-state index contributed by atoms with van der Waals surface area (Å²) in [5.41, 5.74) is 6.47. The van der Waals surface area contributed by atoms with Gasteiger partial charge in [-0.2, -0.15) is 0 Å². The van der Waals surface area contributed by atoms with Gasteiger partial charge in [0.2, 0.25) is 0 Å². The van der Waals surface area contributed by atoms with E-state index in [1.165, 1.54) is 6.33 Å². The van der Waals surface area contributed by atoms with Crippen LogP contribution in [0.3, 0.4) is 0 Å². The summed E-state index contributed by atoms with van der Waals surface area (Å²) in [5, 5.41) is 3.73. The Morgan fingerprint density at radius 1 is 1.18 bits per heavy atom. The van der Waals surface area contributed by atoms with Crippen molar-refractivity contribution in [3.8, 4) is 0 Å². The fraction of sp³-hybridized carbons (Fsp3) is 0. The number of nitrogens with two attached hydrogens (primary N) is 1. The van der Waals surface area contributed by atoms with Crippen LogP contribution in [0.5, 0.6) is 0 Å². The maximum atomic E-state index is 6.00. The third-order valence-corrected chi connectivity index (χ3v) is 4.20. The van der Waals surface area contributed by atoms with Crippen molar-refractivity contribution in [3.05, 3.63) is 38.5 Å². The zero-order chi connectivity index (χ0) is 12.4. The van der Waals surface area contributed by atoms with Gasteiger partial charge in [-0.15, -0.1) is 0 Å². The smallest absolute Gasteiger partial charge is 0.150 e. The van der Waals surface area contributed by atoms with E-state index in [1.54, 1.807) is 6.07 Å². The third-order valence-electron chi connectivity index (χ3n) is 2.02. The maximum Gasteiger partial charge on any atom is 0.150 e. The molecular weight excluding hydrogens is 371 g/mol. The van der Waals surface area contributed by atoms with Gasteiger partial charge in [0.25, 0.3) is 0 Å². The first-order valence-corrected chi connectivity index (χ1v) is 6.53. The SMILES string of the molecule is Nc1ncnc(Nc2cccc(Cl)c2Br)c1Br. The first-order valence-electron chi connectivity index (χ1n) is 4.56. The molecule has 3 N–H and O–H groups in total. The lowest BCUT2D eigenvalue weighted by molar-refractivity contribution is 1.16. The lowest BCUT2D eigenvalue weighted by Gasteiger charge is -2.10. The lowest BCUT2D eigenvalue weighted by Crippen LogP contribution is -2.00. The molecule has 0 aliphatic rings. The number of rotatable bonds is 2. The number of nitrogens with zero attached hydrogens (tertiary/aromatic N) is 2. The molecule has 0 atom stereocenters. The van der Waals surface area contributed by atoms with Gasteiger partial charge in [0, 0.05) is 0 Å². The van der Waals surface area contributed by atoms with E-state index in [2.05, 4.69) is 47.1 Å². The van der Waals surface area contributed by atoms with E-state index in [1.807, 2.05) is 12.1 Å². The zero-order valence-electron chi connectivity index (χ0n) is 8.42. The van der Waals surface area contributed by atoms with Crippen LogP contribution in [-0.4, -0.2) is 9.97 Å². The molecule has 0 bridgehead atoms. The van der Waals surface area contributed by atoms with Gasteiger partial charge in [-0.05, 0) is 44.0 Å². The summed E-state index contributed by atoms with van der Waals surface area (Å²) in [6.07, 6.45) is 1.39. The van der Waals surface area contributed by atoms with Crippen LogP contribution in [0.15, 0.2) is 33.5 Å². The van der Waals surface area contributed by atoms with E-state index in [0.717, 1.165) is 10.2 Å². The summed E-state index contributed by atoms with van der Waals surface area (Å²) in [4.78, 5) is 7.96. The van der Waals surface area contributed by atoms with Gasteiger partial charge < -0.3 is 11.1 Å². The predicted octanol–water partition coefficient (Wildman–Crippen LogP) is 3.98. The van der Waals surface area contributed by atoms with Crippen LogP contribution >= 0.6 is 43.5 Å². The Bertz CT molecular complexity index is 512. The van der Waals surface area contributed by atoms with Crippen molar-refractivity contribution in [3.63, 3.8) is 0 Å². The molecule has 0 aliphatic carbocycles. The Kier molecular flexibility index (Phi) is 3.86. The molecule has 0 unspecified atom stereocenters. The van der Waals surface area contributed by atoms with Crippen molar-refractivity contribution in [2.45, 2.75) is 0 Å². The molecule has 0 saturated carbocycles. The predicted molar refractivity (Wildman–Crippen MR) is 76.6 cm³/mol. The minimum Gasteiger partial charge on any atom is -0.383 e. The van der Waals surface area contributed by atoms with Gasteiger partial charge in [-0.25, -0.2) is 9.97 Å². The molecule has 1 aromatic heterocycles. The van der Waals surface area contributed by atoms with Crippen LogP contribution in [0, 0.1) is 0 Å². The second-order valence-electron chi connectivity index (χ2n) is 3.15. The number of hydrogen-bond acceptors (Lipinski definition) is 4. The van der Waals surface area contributed by atoms with Gasteiger partial charge in [0.15, 0.2) is 0 Å². The van der Waals surface area contributed by atoms with Crippen LogP contribution in [0.4, 0.5) is 17.3 Å².